The zero-order chi connectivity index (χ0) is 25.7. The summed E-state index contributed by atoms with van der Waals surface area (Å²) < 4.78 is 51.4. The Kier molecular flexibility index (Phi) is 7.64. The minimum absolute atomic E-state index is 0.201. The normalized spacial score (nSPS) is 13.8. The topological polar surface area (TPSA) is 75.7 Å². The Morgan fingerprint density at radius 2 is 1.94 bits per heavy atom. The molecule has 190 valence electrons. The van der Waals surface area contributed by atoms with Gasteiger partial charge in [-0.05, 0) is 49.3 Å². The van der Waals surface area contributed by atoms with E-state index < -0.39 is 17.8 Å². The predicted octanol–water partition coefficient (Wildman–Crippen LogP) is 5.43. The molecule has 1 aromatic heterocycles. The number of nitrogens with one attached hydrogen (secondary N) is 2. The number of carbonyl (C=O) groups excluding carboxylic acids is 1. The molecule has 0 radical (unpaired) electrons. The van der Waals surface area contributed by atoms with Crippen molar-refractivity contribution in [2.24, 2.45) is 0 Å². The van der Waals surface area contributed by atoms with Crippen molar-refractivity contribution in [2.75, 3.05) is 37.5 Å². The fourth-order valence-corrected chi connectivity index (χ4v) is 4.11. The molecule has 2 amide bonds. The van der Waals surface area contributed by atoms with Crippen LogP contribution in [0.25, 0.3) is 0 Å². The van der Waals surface area contributed by atoms with E-state index >= 15 is 0 Å². The Balaban J connectivity index is 1.46. The number of anilines is 2. The number of hydrogen-bond acceptors (Lipinski definition) is 5. The number of methoxy groups -OCH3 is 1. The maximum absolute atomic E-state index is 13.5. The van der Waals surface area contributed by atoms with E-state index in [4.69, 9.17) is 9.47 Å². The predicted molar refractivity (Wildman–Crippen MR) is 131 cm³/mol. The van der Waals surface area contributed by atoms with Crippen molar-refractivity contribution in [3.63, 3.8) is 0 Å². The number of hydrogen-bond donors (Lipinski definition) is 2. The van der Waals surface area contributed by atoms with Gasteiger partial charge in [0, 0.05) is 24.7 Å². The highest BCUT2D eigenvalue weighted by Crippen LogP contribution is 2.42. The number of amides is 2. The van der Waals surface area contributed by atoms with E-state index in [2.05, 4.69) is 15.6 Å². The molecule has 0 aliphatic carbocycles. The van der Waals surface area contributed by atoms with E-state index in [1.807, 2.05) is 37.4 Å². The van der Waals surface area contributed by atoms with Gasteiger partial charge < -0.3 is 20.1 Å². The minimum Gasteiger partial charge on any atom is -0.496 e. The molecule has 1 atom stereocenters. The molecule has 0 saturated heterocycles. The second kappa shape index (κ2) is 10.9. The highest BCUT2D eigenvalue weighted by atomic mass is 19.4. The Hall–Kier alpha value is -3.79. The van der Waals surface area contributed by atoms with E-state index in [-0.39, 0.29) is 24.1 Å². The molecule has 0 fully saturated rings. The van der Waals surface area contributed by atoms with Crippen molar-refractivity contribution < 1.29 is 27.4 Å². The van der Waals surface area contributed by atoms with Crippen LogP contribution in [0.4, 0.5) is 29.3 Å². The summed E-state index contributed by atoms with van der Waals surface area (Å²) in [4.78, 5) is 18.5. The first kappa shape index (κ1) is 25.3. The van der Waals surface area contributed by atoms with Gasteiger partial charge in [0.2, 0.25) is 5.88 Å². The van der Waals surface area contributed by atoms with Crippen molar-refractivity contribution in [2.45, 2.75) is 25.1 Å². The highest BCUT2D eigenvalue weighted by Gasteiger charge is 2.37. The van der Waals surface area contributed by atoms with E-state index in [1.54, 1.807) is 12.1 Å². The fourth-order valence-electron chi connectivity index (χ4n) is 4.11. The molecule has 2 N–H and O–H groups in total. The minimum atomic E-state index is -4.60. The number of ether oxygens (including phenoxy) is 2. The van der Waals surface area contributed by atoms with Gasteiger partial charge in [-0.1, -0.05) is 30.3 Å². The smallest absolute Gasteiger partial charge is 0.420 e. The molecule has 0 spiro atoms. The second-order valence-corrected chi connectivity index (χ2v) is 8.31. The summed E-state index contributed by atoms with van der Waals surface area (Å²) in [7, 11) is 3.07. The molecule has 1 aliphatic heterocycles. The van der Waals surface area contributed by atoms with Gasteiger partial charge in [0.25, 0.3) is 0 Å². The van der Waals surface area contributed by atoms with Crippen LogP contribution in [0.2, 0.25) is 0 Å². The number of carbonyl (C=O) groups is 1. The largest absolute Gasteiger partial charge is 0.496 e. The molecule has 4 rings (SSSR count). The highest BCUT2D eigenvalue weighted by molar-refractivity contribution is 6.03. The lowest BCUT2D eigenvalue weighted by Gasteiger charge is -2.21. The van der Waals surface area contributed by atoms with Gasteiger partial charge >= 0.3 is 12.2 Å². The van der Waals surface area contributed by atoms with Crippen LogP contribution in [0.1, 0.15) is 29.2 Å². The van der Waals surface area contributed by atoms with Gasteiger partial charge in [-0.3, -0.25) is 4.90 Å². The molecular weight excluding hydrogens is 473 g/mol. The van der Waals surface area contributed by atoms with Crippen LogP contribution in [-0.2, 0) is 12.6 Å². The third kappa shape index (κ3) is 5.71. The Morgan fingerprint density at radius 3 is 2.58 bits per heavy atom. The summed E-state index contributed by atoms with van der Waals surface area (Å²) in [5.74, 6) is 0.137. The molecule has 0 bridgehead atoms. The van der Waals surface area contributed by atoms with Gasteiger partial charge in [-0.25, -0.2) is 9.78 Å². The van der Waals surface area contributed by atoms with Crippen LogP contribution < -0.4 is 25.0 Å². The molecule has 2 heterocycles. The van der Waals surface area contributed by atoms with Crippen molar-refractivity contribution in [1.82, 2.24) is 10.3 Å². The average molecular weight is 501 g/mol. The molecule has 0 saturated carbocycles. The molecular formula is C26H27F3N4O3. The number of fused-ring (bicyclic) bond motifs is 1. The molecule has 3 aromatic rings. The Bertz CT molecular complexity index is 1190. The first-order chi connectivity index (χ1) is 17.3. The molecule has 1 aliphatic rings. The number of pyridine rings is 1. The zero-order valence-corrected chi connectivity index (χ0v) is 19.9. The van der Waals surface area contributed by atoms with E-state index in [0.717, 1.165) is 24.6 Å². The standard InChI is InChI=1S/C26H27F3N4O3/c1-30-12-10-22(17-6-4-3-5-7-17)36-24-9-8-19(16-31-24)32-25(34)33-13-11-18-14-23(35-2)20(15-21(18)33)26(27,28)29/h3-9,14-16,22,30H,10-13H2,1-2H3,(H,32,34)/t22-/m1/s1. The fraction of sp³-hybridized carbons (Fsp3) is 0.308. The monoisotopic (exact) mass is 500 g/mol. The first-order valence-electron chi connectivity index (χ1n) is 11.5. The lowest BCUT2D eigenvalue weighted by molar-refractivity contribution is -0.138. The van der Waals surface area contributed by atoms with Gasteiger partial charge in [-0.15, -0.1) is 0 Å². The number of benzene rings is 2. The number of nitrogens with zero attached hydrogens (tertiary/aromatic N) is 2. The van der Waals surface area contributed by atoms with Crippen molar-refractivity contribution >= 4 is 17.4 Å². The molecule has 7 nitrogen and oxygen atoms in total. The van der Waals surface area contributed by atoms with Crippen LogP contribution in [0, 0.1) is 0 Å². The van der Waals surface area contributed by atoms with E-state index in [0.29, 0.717) is 23.6 Å². The maximum Gasteiger partial charge on any atom is 0.420 e. The summed E-state index contributed by atoms with van der Waals surface area (Å²) in [6.07, 6.45) is -2.18. The number of rotatable bonds is 8. The quantitative estimate of drug-likeness (QED) is 0.431. The number of aromatic nitrogens is 1. The first-order valence-corrected chi connectivity index (χ1v) is 11.5. The summed E-state index contributed by atoms with van der Waals surface area (Å²) >= 11 is 0. The third-order valence-corrected chi connectivity index (χ3v) is 5.93. The lowest BCUT2D eigenvalue weighted by atomic mass is 10.1. The van der Waals surface area contributed by atoms with Gasteiger partial charge in [0.05, 0.1) is 24.6 Å². The van der Waals surface area contributed by atoms with Crippen molar-refractivity contribution in [3.8, 4) is 11.6 Å². The van der Waals surface area contributed by atoms with Gasteiger partial charge in [-0.2, -0.15) is 13.2 Å². The number of alkyl halides is 3. The van der Waals surface area contributed by atoms with Crippen LogP contribution >= 0.6 is 0 Å². The SMILES string of the molecule is CNCC[C@@H](Oc1ccc(NC(=O)N2CCc3cc(OC)c(C(F)(F)F)cc32)cn1)c1ccccc1. The van der Waals surface area contributed by atoms with Crippen molar-refractivity contribution in [3.05, 3.63) is 77.5 Å². The molecule has 36 heavy (non-hydrogen) atoms. The van der Waals surface area contributed by atoms with Crippen LogP contribution in [0.15, 0.2) is 60.8 Å². The lowest BCUT2D eigenvalue weighted by Crippen LogP contribution is -2.33. The summed E-state index contributed by atoms with van der Waals surface area (Å²) in [5, 5.41) is 5.82. The number of urea groups is 1. The maximum atomic E-state index is 13.5. The molecule has 10 heteroatoms. The van der Waals surface area contributed by atoms with E-state index in [1.165, 1.54) is 24.3 Å². The Morgan fingerprint density at radius 1 is 1.17 bits per heavy atom. The van der Waals surface area contributed by atoms with Crippen molar-refractivity contribution in [1.29, 1.82) is 0 Å². The van der Waals surface area contributed by atoms with E-state index in [9.17, 15) is 18.0 Å². The summed E-state index contributed by atoms with van der Waals surface area (Å²) in [6, 6.07) is 14.9. The second-order valence-electron chi connectivity index (χ2n) is 8.31. The summed E-state index contributed by atoms with van der Waals surface area (Å²) in [5.41, 5.74) is 1.33. The third-order valence-electron chi connectivity index (χ3n) is 5.93. The zero-order valence-electron chi connectivity index (χ0n) is 19.9. The average Bonchev–Trinajstić information content (AvgIpc) is 3.30. The summed E-state index contributed by atoms with van der Waals surface area (Å²) in [6.45, 7) is 1.01. The molecule has 0 unspecified atom stereocenters. The van der Waals surface area contributed by atoms with Crippen LogP contribution in [0.5, 0.6) is 11.6 Å². The Labute approximate surface area is 207 Å². The van der Waals surface area contributed by atoms with Crippen LogP contribution in [-0.4, -0.2) is 38.3 Å². The van der Waals surface area contributed by atoms with Gasteiger partial charge in [0.1, 0.15) is 11.9 Å². The number of halogens is 3. The molecule has 2 aromatic carbocycles. The van der Waals surface area contributed by atoms with Crippen LogP contribution in [0.3, 0.4) is 0 Å². The van der Waals surface area contributed by atoms with Gasteiger partial charge in [0.15, 0.2) is 0 Å².